The van der Waals surface area contributed by atoms with E-state index >= 15 is 0 Å². The Morgan fingerprint density at radius 1 is 1.33 bits per heavy atom. The summed E-state index contributed by atoms with van der Waals surface area (Å²) in [5.41, 5.74) is 0. The molecule has 0 aromatic heterocycles. The van der Waals surface area contributed by atoms with Gasteiger partial charge in [0.15, 0.2) is 0 Å². The van der Waals surface area contributed by atoms with Crippen LogP contribution in [-0.4, -0.2) is 6.61 Å². The van der Waals surface area contributed by atoms with Crippen LogP contribution in [0.1, 0.15) is 6.92 Å². The van der Waals surface area contributed by atoms with Crippen molar-refractivity contribution in [3.63, 3.8) is 0 Å². The molecule has 1 aromatic rings. The molecule has 0 radical (unpaired) electrons. The second kappa shape index (κ2) is 4.49. The summed E-state index contributed by atoms with van der Waals surface area (Å²) in [5, 5.41) is 0.678. The summed E-state index contributed by atoms with van der Waals surface area (Å²) in [6, 6.07) is 3.61. The lowest BCUT2D eigenvalue weighted by Crippen LogP contribution is -1.93. The Balaban J connectivity index is 3.10. The third-order valence-electron chi connectivity index (χ3n) is 1.25. The van der Waals surface area contributed by atoms with Crippen LogP contribution in [0.2, 0.25) is 5.02 Å². The van der Waals surface area contributed by atoms with Crippen molar-refractivity contribution in [2.24, 2.45) is 0 Å². The molecule has 0 atom stereocenters. The molecule has 0 aliphatic heterocycles. The van der Waals surface area contributed by atoms with Crippen molar-refractivity contribution in [3.05, 3.63) is 26.1 Å². The minimum atomic E-state index is 0.638. The van der Waals surface area contributed by atoms with E-state index in [9.17, 15) is 0 Å². The van der Waals surface area contributed by atoms with Crippen LogP contribution < -0.4 is 4.74 Å². The van der Waals surface area contributed by atoms with Crippen molar-refractivity contribution in [2.45, 2.75) is 6.92 Å². The number of rotatable bonds is 2. The average molecular weight is 314 g/mol. The third kappa shape index (κ3) is 2.38. The molecule has 0 fully saturated rings. The van der Waals surface area contributed by atoms with Crippen LogP contribution in [0.25, 0.3) is 0 Å². The molecule has 0 aliphatic carbocycles. The van der Waals surface area contributed by atoms with E-state index in [2.05, 4.69) is 31.9 Å². The first-order valence-corrected chi connectivity index (χ1v) is 5.39. The summed E-state index contributed by atoms with van der Waals surface area (Å²) in [6.45, 7) is 2.58. The predicted octanol–water partition coefficient (Wildman–Crippen LogP) is 4.26. The second-order valence-electron chi connectivity index (χ2n) is 2.13. The largest absolute Gasteiger partial charge is 0.492 e. The van der Waals surface area contributed by atoms with Gasteiger partial charge in [-0.15, -0.1) is 0 Å². The first-order chi connectivity index (χ1) is 5.65. The maximum absolute atomic E-state index is 5.81. The van der Waals surface area contributed by atoms with Gasteiger partial charge in [0.25, 0.3) is 0 Å². The highest BCUT2D eigenvalue weighted by molar-refractivity contribution is 9.11. The van der Waals surface area contributed by atoms with Gasteiger partial charge in [-0.05, 0) is 50.9 Å². The summed E-state index contributed by atoms with van der Waals surface area (Å²) < 4.78 is 7.10. The maximum Gasteiger partial charge on any atom is 0.147 e. The van der Waals surface area contributed by atoms with Crippen LogP contribution in [0.4, 0.5) is 0 Å². The topological polar surface area (TPSA) is 9.23 Å². The molecule has 0 bridgehead atoms. The van der Waals surface area contributed by atoms with E-state index in [1.54, 1.807) is 12.1 Å². The fourth-order valence-corrected chi connectivity index (χ4v) is 2.71. The van der Waals surface area contributed by atoms with Crippen LogP contribution in [-0.2, 0) is 0 Å². The zero-order valence-electron chi connectivity index (χ0n) is 6.40. The Morgan fingerprint density at radius 3 is 2.25 bits per heavy atom. The number of hydrogen-bond acceptors (Lipinski definition) is 1. The van der Waals surface area contributed by atoms with Gasteiger partial charge in [-0.2, -0.15) is 0 Å². The van der Waals surface area contributed by atoms with Crippen molar-refractivity contribution >= 4 is 43.5 Å². The Bertz CT molecular complexity index is 265. The molecule has 0 amide bonds. The van der Waals surface area contributed by atoms with Crippen molar-refractivity contribution in [1.82, 2.24) is 0 Å². The molecule has 1 nitrogen and oxygen atoms in total. The van der Waals surface area contributed by atoms with E-state index in [0.717, 1.165) is 14.7 Å². The minimum absolute atomic E-state index is 0.638. The molecule has 0 saturated heterocycles. The van der Waals surface area contributed by atoms with Crippen LogP contribution in [0.5, 0.6) is 5.75 Å². The lowest BCUT2D eigenvalue weighted by atomic mass is 10.3. The Kier molecular flexibility index (Phi) is 3.87. The van der Waals surface area contributed by atoms with Gasteiger partial charge in [0.1, 0.15) is 5.75 Å². The van der Waals surface area contributed by atoms with Gasteiger partial charge in [0, 0.05) is 5.02 Å². The zero-order valence-corrected chi connectivity index (χ0v) is 10.3. The summed E-state index contributed by atoms with van der Waals surface area (Å²) in [7, 11) is 0. The van der Waals surface area contributed by atoms with Gasteiger partial charge in [-0.25, -0.2) is 0 Å². The van der Waals surface area contributed by atoms with Crippen molar-refractivity contribution in [1.29, 1.82) is 0 Å². The monoisotopic (exact) mass is 312 g/mol. The number of benzene rings is 1. The predicted molar refractivity (Wildman–Crippen MR) is 58.0 cm³/mol. The highest BCUT2D eigenvalue weighted by Gasteiger charge is 2.06. The van der Waals surface area contributed by atoms with Gasteiger partial charge >= 0.3 is 0 Å². The molecular weight excluding hydrogens is 307 g/mol. The zero-order chi connectivity index (χ0) is 9.14. The fourth-order valence-electron chi connectivity index (χ4n) is 0.811. The number of ether oxygens (including phenoxy) is 1. The molecule has 0 N–H and O–H groups in total. The van der Waals surface area contributed by atoms with Crippen LogP contribution >= 0.6 is 43.5 Å². The van der Waals surface area contributed by atoms with Crippen LogP contribution in [0, 0.1) is 0 Å². The highest BCUT2D eigenvalue weighted by atomic mass is 79.9. The van der Waals surface area contributed by atoms with E-state index in [0.29, 0.717) is 11.6 Å². The Hall–Kier alpha value is 0.270. The molecule has 0 unspecified atom stereocenters. The van der Waals surface area contributed by atoms with E-state index in [1.807, 2.05) is 6.92 Å². The van der Waals surface area contributed by atoms with Crippen molar-refractivity contribution in [3.8, 4) is 5.75 Å². The molecule has 12 heavy (non-hydrogen) atoms. The van der Waals surface area contributed by atoms with Crippen molar-refractivity contribution in [2.75, 3.05) is 6.61 Å². The molecule has 66 valence electrons. The molecule has 1 aromatic carbocycles. The molecule has 0 saturated carbocycles. The van der Waals surface area contributed by atoms with Gasteiger partial charge in [-0.1, -0.05) is 11.6 Å². The minimum Gasteiger partial charge on any atom is -0.492 e. The summed E-state index contributed by atoms with van der Waals surface area (Å²) in [6.07, 6.45) is 0. The number of halogens is 3. The summed E-state index contributed by atoms with van der Waals surface area (Å²) in [4.78, 5) is 0. The normalized spacial score (nSPS) is 10.0. The Labute approximate surface area is 93.3 Å². The van der Waals surface area contributed by atoms with Gasteiger partial charge in [0.05, 0.1) is 15.6 Å². The molecular formula is C8H7Br2ClO. The first-order valence-electron chi connectivity index (χ1n) is 3.42. The first kappa shape index (κ1) is 10.4. The third-order valence-corrected chi connectivity index (χ3v) is 2.65. The maximum atomic E-state index is 5.81. The summed E-state index contributed by atoms with van der Waals surface area (Å²) >= 11 is 12.5. The van der Waals surface area contributed by atoms with Crippen LogP contribution in [0.15, 0.2) is 21.1 Å². The fraction of sp³-hybridized carbons (Fsp3) is 0.250. The molecule has 1 rings (SSSR count). The van der Waals surface area contributed by atoms with Crippen molar-refractivity contribution < 1.29 is 4.74 Å². The molecule has 0 aliphatic rings. The van der Waals surface area contributed by atoms with E-state index in [4.69, 9.17) is 16.3 Å². The van der Waals surface area contributed by atoms with Gasteiger partial charge < -0.3 is 4.74 Å². The number of hydrogen-bond donors (Lipinski definition) is 0. The average Bonchev–Trinajstić information content (AvgIpc) is 1.96. The van der Waals surface area contributed by atoms with E-state index in [1.165, 1.54) is 0 Å². The second-order valence-corrected chi connectivity index (χ2v) is 4.28. The molecule has 4 heteroatoms. The smallest absolute Gasteiger partial charge is 0.147 e. The summed E-state index contributed by atoms with van der Waals surface area (Å²) in [5.74, 6) is 0.793. The van der Waals surface area contributed by atoms with Gasteiger partial charge in [0.2, 0.25) is 0 Å². The van der Waals surface area contributed by atoms with Gasteiger partial charge in [-0.3, -0.25) is 0 Å². The molecule has 0 spiro atoms. The van der Waals surface area contributed by atoms with E-state index < -0.39 is 0 Å². The van der Waals surface area contributed by atoms with E-state index in [-0.39, 0.29) is 0 Å². The lowest BCUT2D eigenvalue weighted by molar-refractivity contribution is 0.336. The van der Waals surface area contributed by atoms with Crippen LogP contribution in [0.3, 0.4) is 0 Å². The standard InChI is InChI=1S/C8H7Br2ClO/c1-2-12-8-6(9)3-5(11)4-7(8)10/h3-4H,2H2,1H3. The molecule has 0 heterocycles. The SMILES string of the molecule is CCOc1c(Br)cc(Cl)cc1Br. The quantitative estimate of drug-likeness (QED) is 0.792. The Morgan fingerprint density at radius 2 is 1.83 bits per heavy atom. The lowest BCUT2D eigenvalue weighted by Gasteiger charge is -2.07. The highest BCUT2D eigenvalue weighted by Crippen LogP contribution is 2.36.